The van der Waals surface area contributed by atoms with E-state index < -0.39 is 0 Å². The summed E-state index contributed by atoms with van der Waals surface area (Å²) in [6, 6.07) is 79.2. The van der Waals surface area contributed by atoms with Gasteiger partial charge < -0.3 is 8.83 Å². The fraction of sp³-hybridized carbons (Fsp3) is 0. The largest absolute Gasteiger partial charge is 0.456 e. The second kappa shape index (κ2) is 13.5. The van der Waals surface area contributed by atoms with E-state index in [9.17, 15) is 0 Å². The average molecular weight is 813 g/mol. The van der Waals surface area contributed by atoms with Crippen LogP contribution in [-0.4, -0.2) is 0 Å². The molecule has 12 aromatic carbocycles. The van der Waals surface area contributed by atoms with Crippen molar-refractivity contribution in [3.63, 3.8) is 0 Å². The quantitative estimate of drug-likeness (QED) is 0.166. The van der Waals surface area contributed by atoms with Crippen LogP contribution in [0.25, 0.3) is 142 Å². The highest BCUT2D eigenvalue weighted by molar-refractivity contribution is 6.25. The van der Waals surface area contributed by atoms with E-state index in [1.54, 1.807) is 0 Å². The maximum atomic E-state index is 6.75. The third-order valence-corrected chi connectivity index (χ3v) is 13.6. The highest BCUT2D eigenvalue weighted by atomic mass is 16.3. The molecule has 0 saturated heterocycles. The maximum absolute atomic E-state index is 6.75. The number of hydrogen-bond acceptors (Lipinski definition) is 2. The van der Waals surface area contributed by atoms with Crippen LogP contribution < -0.4 is 0 Å². The minimum atomic E-state index is 0.878. The zero-order valence-corrected chi connectivity index (χ0v) is 34.6. The Hall–Kier alpha value is -8.46. The third-order valence-electron chi connectivity index (χ3n) is 13.6. The maximum Gasteiger partial charge on any atom is 0.143 e. The number of rotatable bonds is 4. The molecule has 64 heavy (non-hydrogen) atoms. The molecule has 0 radical (unpaired) electrons. The predicted octanol–water partition coefficient (Wildman–Crippen LogP) is 17.9. The van der Waals surface area contributed by atoms with Gasteiger partial charge in [0.05, 0.1) is 0 Å². The van der Waals surface area contributed by atoms with Crippen molar-refractivity contribution in [2.75, 3.05) is 0 Å². The number of furan rings is 2. The van der Waals surface area contributed by atoms with Gasteiger partial charge in [0.1, 0.15) is 22.3 Å². The lowest BCUT2D eigenvalue weighted by Gasteiger charge is -2.18. The SMILES string of the molecule is c1ccc(-c2c3ccccc3c(-c3ccc4c(c3)oc3ccc(-c5c6ccccc6c(-c6ccc7oc8c9ccccc9ccc8c7c6)c6ccccc56)cc34)c3ccccc23)cc1. The summed E-state index contributed by atoms with van der Waals surface area (Å²) in [5.41, 5.74) is 13.2. The van der Waals surface area contributed by atoms with Gasteiger partial charge in [-0.2, -0.15) is 0 Å². The molecule has 14 rings (SSSR count). The lowest BCUT2D eigenvalue weighted by atomic mass is 9.85. The van der Waals surface area contributed by atoms with Crippen molar-refractivity contribution in [3.8, 4) is 44.5 Å². The fourth-order valence-electron chi connectivity index (χ4n) is 10.9. The molecule has 0 bridgehead atoms. The smallest absolute Gasteiger partial charge is 0.143 e. The summed E-state index contributed by atoms with van der Waals surface area (Å²) in [6.07, 6.45) is 0. The number of benzene rings is 12. The summed E-state index contributed by atoms with van der Waals surface area (Å²) >= 11 is 0. The molecule has 0 spiro atoms. The van der Waals surface area contributed by atoms with Crippen LogP contribution in [0.15, 0.2) is 227 Å². The Labute approximate surface area is 367 Å². The molecule has 0 amide bonds. The van der Waals surface area contributed by atoms with Crippen molar-refractivity contribution in [3.05, 3.63) is 218 Å². The van der Waals surface area contributed by atoms with E-state index in [0.29, 0.717) is 0 Å². The van der Waals surface area contributed by atoms with E-state index in [4.69, 9.17) is 8.83 Å². The summed E-state index contributed by atoms with van der Waals surface area (Å²) in [7, 11) is 0. The van der Waals surface area contributed by atoms with Crippen LogP contribution >= 0.6 is 0 Å². The number of hydrogen-bond donors (Lipinski definition) is 0. The molecular weight excluding hydrogens is 777 g/mol. The van der Waals surface area contributed by atoms with Crippen LogP contribution in [0.2, 0.25) is 0 Å². The highest BCUT2D eigenvalue weighted by Gasteiger charge is 2.21. The predicted molar refractivity (Wildman–Crippen MR) is 270 cm³/mol. The molecular formula is C62H36O2. The molecule has 2 heteroatoms. The van der Waals surface area contributed by atoms with Crippen molar-refractivity contribution in [1.29, 1.82) is 0 Å². The van der Waals surface area contributed by atoms with Crippen molar-refractivity contribution in [2.24, 2.45) is 0 Å². The lowest BCUT2D eigenvalue weighted by molar-refractivity contribution is 0.669. The second-order valence-corrected chi connectivity index (χ2v) is 17.0. The van der Waals surface area contributed by atoms with Gasteiger partial charge in [0.15, 0.2) is 0 Å². The van der Waals surface area contributed by atoms with E-state index in [2.05, 4.69) is 218 Å². The van der Waals surface area contributed by atoms with Gasteiger partial charge in [-0.15, -0.1) is 0 Å². The Kier molecular flexibility index (Phi) is 7.43. The van der Waals surface area contributed by atoms with E-state index in [1.807, 2.05) is 0 Å². The van der Waals surface area contributed by atoms with E-state index >= 15 is 0 Å². The van der Waals surface area contributed by atoms with Gasteiger partial charge in [-0.3, -0.25) is 0 Å². The standard InChI is InChI=1S/C62H36O2/c1-2-15-38(16-3-1)58-44-18-6-8-20-46(44)61(47-21-9-7-19-45(47)58)41-27-30-43-53-34-39(28-32-55(53)63-57(43)36-41)59-48-22-10-12-24-50(48)60(51-25-13-11-23-49(51)59)40-29-33-56-54(35-40)52-31-26-37-14-4-5-17-42(37)62(52)64-56/h1-36H. The first-order valence-corrected chi connectivity index (χ1v) is 22.0. The summed E-state index contributed by atoms with van der Waals surface area (Å²) in [5, 5.41) is 16.6. The van der Waals surface area contributed by atoms with Crippen molar-refractivity contribution in [2.45, 2.75) is 0 Å². The average Bonchev–Trinajstić information content (AvgIpc) is 3.92. The molecule has 2 heterocycles. The van der Waals surface area contributed by atoms with Crippen molar-refractivity contribution in [1.82, 2.24) is 0 Å². The van der Waals surface area contributed by atoms with Crippen LogP contribution in [0.1, 0.15) is 0 Å². The van der Waals surface area contributed by atoms with Gasteiger partial charge in [-0.1, -0.05) is 176 Å². The number of fused-ring (bicyclic) bond motifs is 12. The summed E-state index contributed by atoms with van der Waals surface area (Å²) in [6.45, 7) is 0. The zero-order valence-electron chi connectivity index (χ0n) is 34.6. The highest BCUT2D eigenvalue weighted by Crippen LogP contribution is 2.48. The van der Waals surface area contributed by atoms with Crippen molar-refractivity contribution >= 4 is 97.7 Å². The summed E-state index contributed by atoms with van der Waals surface area (Å²) < 4.78 is 13.3. The van der Waals surface area contributed by atoms with Crippen LogP contribution in [0.4, 0.5) is 0 Å². The molecule has 0 aliphatic rings. The minimum absolute atomic E-state index is 0.878. The Bertz CT molecular complexity index is 4130. The van der Waals surface area contributed by atoms with E-state index in [1.165, 1.54) is 81.9 Å². The van der Waals surface area contributed by atoms with Gasteiger partial charge >= 0.3 is 0 Å². The first-order valence-electron chi connectivity index (χ1n) is 22.0. The summed E-state index contributed by atoms with van der Waals surface area (Å²) in [5.74, 6) is 0. The van der Waals surface area contributed by atoms with Crippen molar-refractivity contribution < 1.29 is 8.83 Å². The van der Waals surface area contributed by atoms with Crippen LogP contribution in [0, 0.1) is 0 Å². The van der Waals surface area contributed by atoms with Gasteiger partial charge in [0, 0.05) is 26.9 Å². The molecule has 14 aromatic rings. The molecule has 2 aromatic heterocycles. The first-order chi connectivity index (χ1) is 31.7. The molecule has 0 unspecified atom stereocenters. The molecule has 0 atom stereocenters. The van der Waals surface area contributed by atoms with E-state index in [-0.39, 0.29) is 0 Å². The molecule has 0 aliphatic heterocycles. The first kappa shape index (κ1) is 35.2. The Morgan fingerprint density at radius 2 is 0.594 bits per heavy atom. The monoisotopic (exact) mass is 812 g/mol. The molecule has 2 nitrogen and oxygen atoms in total. The lowest BCUT2D eigenvalue weighted by Crippen LogP contribution is -1.91. The molecule has 0 N–H and O–H groups in total. The Balaban J connectivity index is 0.945. The normalized spacial score (nSPS) is 12.1. The third kappa shape index (κ3) is 5.08. The molecule has 296 valence electrons. The summed E-state index contributed by atoms with van der Waals surface area (Å²) in [4.78, 5) is 0. The zero-order chi connectivity index (χ0) is 41.9. The topological polar surface area (TPSA) is 26.3 Å². The second-order valence-electron chi connectivity index (χ2n) is 17.0. The fourth-order valence-corrected chi connectivity index (χ4v) is 10.9. The van der Waals surface area contributed by atoms with E-state index in [0.717, 1.165) is 60.4 Å². The van der Waals surface area contributed by atoms with Gasteiger partial charge in [-0.05, 0) is 135 Å². The van der Waals surface area contributed by atoms with Gasteiger partial charge in [0.2, 0.25) is 0 Å². The Morgan fingerprint density at radius 1 is 0.203 bits per heavy atom. The van der Waals surface area contributed by atoms with Crippen LogP contribution in [-0.2, 0) is 0 Å². The Morgan fingerprint density at radius 3 is 1.12 bits per heavy atom. The minimum Gasteiger partial charge on any atom is -0.456 e. The van der Waals surface area contributed by atoms with Crippen LogP contribution in [0.3, 0.4) is 0 Å². The van der Waals surface area contributed by atoms with Gasteiger partial charge in [0.25, 0.3) is 0 Å². The van der Waals surface area contributed by atoms with Gasteiger partial charge in [-0.25, -0.2) is 0 Å². The molecule has 0 saturated carbocycles. The molecule has 0 aliphatic carbocycles. The molecule has 0 fully saturated rings. The van der Waals surface area contributed by atoms with Crippen LogP contribution in [0.5, 0.6) is 0 Å².